The lowest BCUT2D eigenvalue weighted by Crippen LogP contribution is -2.43. The van der Waals surface area contributed by atoms with Gasteiger partial charge < -0.3 is 5.32 Å². The molecule has 1 aromatic carbocycles. The number of ketones is 1. The van der Waals surface area contributed by atoms with Crippen LogP contribution in [0, 0.1) is 17.8 Å². The number of amides is 1. The standard InChI is InChI=1S/C20H27NO2/c1-2-7-18(14-8-4-3-5-9-14)21-20(23)17-12-15-10-6-11-16(13-17)19(15)22/h3-5,8-9,15-18H,2,6-7,10-13H2,1H3,(H,21,23)/t15-,16+,17?,18-/m0/s1. The zero-order valence-corrected chi connectivity index (χ0v) is 14.0. The van der Waals surface area contributed by atoms with Gasteiger partial charge in [0.05, 0.1) is 6.04 Å². The summed E-state index contributed by atoms with van der Waals surface area (Å²) in [6.07, 6.45) is 6.62. The molecule has 1 unspecified atom stereocenters. The predicted molar refractivity (Wildman–Crippen MR) is 90.8 cm³/mol. The van der Waals surface area contributed by atoms with Crippen molar-refractivity contribution in [1.82, 2.24) is 5.32 Å². The van der Waals surface area contributed by atoms with Crippen LogP contribution in [0.2, 0.25) is 0 Å². The number of rotatable bonds is 5. The molecule has 0 heterocycles. The van der Waals surface area contributed by atoms with Gasteiger partial charge in [-0.3, -0.25) is 9.59 Å². The van der Waals surface area contributed by atoms with Gasteiger partial charge in [-0.05, 0) is 37.7 Å². The van der Waals surface area contributed by atoms with Crippen molar-refractivity contribution in [3.8, 4) is 0 Å². The fourth-order valence-electron chi connectivity index (χ4n) is 4.28. The Morgan fingerprint density at radius 1 is 1.17 bits per heavy atom. The molecular weight excluding hydrogens is 286 g/mol. The first-order valence-electron chi connectivity index (χ1n) is 9.08. The molecule has 1 N–H and O–H groups in total. The Hall–Kier alpha value is -1.64. The van der Waals surface area contributed by atoms with Crippen molar-refractivity contribution in [2.45, 2.75) is 57.9 Å². The van der Waals surface area contributed by atoms with Gasteiger partial charge in [0.25, 0.3) is 0 Å². The van der Waals surface area contributed by atoms with E-state index in [1.54, 1.807) is 0 Å². The van der Waals surface area contributed by atoms with Gasteiger partial charge >= 0.3 is 0 Å². The van der Waals surface area contributed by atoms with Crippen LogP contribution in [0.3, 0.4) is 0 Å². The third-order valence-electron chi connectivity index (χ3n) is 5.51. The minimum absolute atomic E-state index is 0.0195. The van der Waals surface area contributed by atoms with Gasteiger partial charge in [-0.2, -0.15) is 0 Å². The summed E-state index contributed by atoms with van der Waals surface area (Å²) in [6, 6.07) is 10.3. The van der Waals surface area contributed by atoms with Crippen LogP contribution in [-0.4, -0.2) is 11.7 Å². The summed E-state index contributed by atoms with van der Waals surface area (Å²) in [4.78, 5) is 25.0. The first kappa shape index (κ1) is 16.2. The number of fused-ring (bicyclic) bond motifs is 2. The molecule has 0 aliphatic heterocycles. The van der Waals surface area contributed by atoms with E-state index >= 15 is 0 Å². The van der Waals surface area contributed by atoms with Gasteiger partial charge in [-0.25, -0.2) is 0 Å². The number of nitrogens with one attached hydrogen (secondary N) is 1. The molecule has 2 fully saturated rings. The van der Waals surface area contributed by atoms with Crippen molar-refractivity contribution in [3.05, 3.63) is 35.9 Å². The topological polar surface area (TPSA) is 46.2 Å². The molecule has 2 aliphatic carbocycles. The van der Waals surface area contributed by atoms with Gasteiger partial charge in [0.2, 0.25) is 5.91 Å². The van der Waals surface area contributed by atoms with Gasteiger partial charge in [-0.15, -0.1) is 0 Å². The molecule has 23 heavy (non-hydrogen) atoms. The van der Waals surface area contributed by atoms with Crippen LogP contribution in [0.1, 0.15) is 63.5 Å². The average molecular weight is 313 g/mol. The van der Waals surface area contributed by atoms with E-state index in [-0.39, 0.29) is 29.7 Å². The molecule has 0 radical (unpaired) electrons. The smallest absolute Gasteiger partial charge is 0.223 e. The summed E-state index contributed by atoms with van der Waals surface area (Å²) in [6.45, 7) is 2.14. The van der Waals surface area contributed by atoms with Crippen molar-refractivity contribution in [3.63, 3.8) is 0 Å². The number of hydrogen-bond donors (Lipinski definition) is 1. The van der Waals surface area contributed by atoms with E-state index in [0.717, 1.165) is 44.9 Å². The summed E-state index contributed by atoms with van der Waals surface area (Å²) in [7, 11) is 0. The number of carbonyl (C=O) groups excluding carboxylic acids is 2. The molecule has 0 spiro atoms. The molecule has 3 rings (SSSR count). The monoisotopic (exact) mass is 313 g/mol. The number of Topliss-reactive ketones (excluding diaryl/α,β-unsaturated/α-hetero) is 1. The van der Waals surface area contributed by atoms with Crippen molar-refractivity contribution < 1.29 is 9.59 Å². The maximum absolute atomic E-state index is 12.8. The zero-order valence-electron chi connectivity index (χ0n) is 14.0. The van der Waals surface area contributed by atoms with Crippen molar-refractivity contribution in [2.75, 3.05) is 0 Å². The highest BCUT2D eigenvalue weighted by Gasteiger charge is 2.41. The van der Waals surface area contributed by atoms with Crippen LogP contribution in [-0.2, 0) is 9.59 Å². The largest absolute Gasteiger partial charge is 0.349 e. The van der Waals surface area contributed by atoms with Crippen molar-refractivity contribution >= 4 is 11.7 Å². The highest BCUT2D eigenvalue weighted by atomic mass is 16.2. The van der Waals surface area contributed by atoms with Crippen LogP contribution in [0.4, 0.5) is 0 Å². The zero-order chi connectivity index (χ0) is 16.2. The van der Waals surface area contributed by atoms with Crippen LogP contribution in [0.5, 0.6) is 0 Å². The highest BCUT2D eigenvalue weighted by Crippen LogP contribution is 2.40. The minimum Gasteiger partial charge on any atom is -0.349 e. The molecule has 0 saturated heterocycles. The Kier molecular flexibility index (Phi) is 5.14. The predicted octanol–water partition coefficient (Wildman–Crippen LogP) is 4.04. The van der Waals surface area contributed by atoms with Gasteiger partial charge in [0.15, 0.2) is 0 Å². The van der Waals surface area contributed by atoms with E-state index in [2.05, 4.69) is 24.4 Å². The fraction of sp³-hybridized carbons (Fsp3) is 0.600. The molecule has 124 valence electrons. The third-order valence-corrected chi connectivity index (χ3v) is 5.51. The van der Waals surface area contributed by atoms with Gasteiger partial charge in [0.1, 0.15) is 5.78 Å². The van der Waals surface area contributed by atoms with E-state index < -0.39 is 0 Å². The molecular formula is C20H27NO2. The SMILES string of the molecule is CCC[C@H](NC(=O)C1C[C@H]2CCC[C@@H](C1)C2=O)c1ccccc1. The second-order valence-corrected chi connectivity index (χ2v) is 7.16. The van der Waals surface area contributed by atoms with Crippen molar-refractivity contribution in [2.24, 2.45) is 17.8 Å². The third kappa shape index (κ3) is 3.65. The molecule has 0 aromatic heterocycles. The second kappa shape index (κ2) is 7.29. The Bertz CT molecular complexity index is 538. The molecule has 2 aliphatic rings. The average Bonchev–Trinajstić information content (AvgIpc) is 2.55. The van der Waals surface area contributed by atoms with Crippen LogP contribution in [0.15, 0.2) is 30.3 Å². The lowest BCUT2D eigenvalue weighted by molar-refractivity contribution is -0.138. The summed E-state index contributed by atoms with van der Waals surface area (Å²) in [5, 5.41) is 3.26. The molecule has 4 atom stereocenters. The first-order valence-corrected chi connectivity index (χ1v) is 9.08. The lowest BCUT2D eigenvalue weighted by Gasteiger charge is -2.37. The summed E-state index contributed by atoms with van der Waals surface area (Å²) >= 11 is 0. The summed E-state index contributed by atoms with van der Waals surface area (Å²) in [5.74, 6) is 0.871. The number of benzene rings is 1. The summed E-state index contributed by atoms with van der Waals surface area (Å²) in [5.41, 5.74) is 1.18. The van der Waals surface area contributed by atoms with E-state index in [1.165, 1.54) is 5.56 Å². The van der Waals surface area contributed by atoms with E-state index in [4.69, 9.17) is 0 Å². The van der Waals surface area contributed by atoms with Gasteiger partial charge in [0, 0.05) is 17.8 Å². The van der Waals surface area contributed by atoms with Crippen molar-refractivity contribution in [1.29, 1.82) is 0 Å². The van der Waals surface area contributed by atoms with E-state index in [9.17, 15) is 9.59 Å². The van der Waals surface area contributed by atoms with E-state index in [1.807, 2.05) is 18.2 Å². The maximum Gasteiger partial charge on any atom is 0.223 e. The molecule has 1 aromatic rings. The fourth-order valence-corrected chi connectivity index (χ4v) is 4.28. The molecule has 3 nitrogen and oxygen atoms in total. The van der Waals surface area contributed by atoms with E-state index in [0.29, 0.717) is 5.78 Å². The Morgan fingerprint density at radius 3 is 2.43 bits per heavy atom. The molecule has 3 heteroatoms. The maximum atomic E-state index is 12.8. The second-order valence-electron chi connectivity index (χ2n) is 7.16. The normalized spacial score (nSPS) is 28.2. The number of carbonyl (C=O) groups is 2. The Labute approximate surface area is 138 Å². The molecule has 2 bridgehead atoms. The number of hydrogen-bond acceptors (Lipinski definition) is 2. The molecule has 1 amide bonds. The first-order chi connectivity index (χ1) is 11.2. The Balaban J connectivity index is 1.66. The Morgan fingerprint density at radius 2 is 1.83 bits per heavy atom. The van der Waals surface area contributed by atoms with Crippen LogP contribution >= 0.6 is 0 Å². The quantitative estimate of drug-likeness (QED) is 0.891. The van der Waals surface area contributed by atoms with Gasteiger partial charge in [-0.1, -0.05) is 50.1 Å². The minimum atomic E-state index is 0.0195. The molecule has 2 saturated carbocycles. The van der Waals surface area contributed by atoms with Crippen LogP contribution < -0.4 is 5.32 Å². The highest BCUT2D eigenvalue weighted by molar-refractivity contribution is 5.88. The van der Waals surface area contributed by atoms with Crippen LogP contribution in [0.25, 0.3) is 0 Å². The lowest BCUT2D eigenvalue weighted by atomic mass is 9.67. The summed E-state index contributed by atoms with van der Waals surface area (Å²) < 4.78 is 0.